The fourth-order valence-electron chi connectivity index (χ4n) is 5.37. The van der Waals surface area contributed by atoms with Crippen LogP contribution in [0.2, 0.25) is 0 Å². The molecule has 3 fully saturated rings. The molecular formula is C17H26O2. The molecule has 0 aromatic rings. The van der Waals surface area contributed by atoms with E-state index in [2.05, 4.69) is 0 Å². The van der Waals surface area contributed by atoms with Crippen molar-refractivity contribution in [1.82, 2.24) is 0 Å². The van der Waals surface area contributed by atoms with Crippen molar-refractivity contribution in [2.75, 3.05) is 0 Å². The Morgan fingerprint density at radius 1 is 0.684 bits per heavy atom. The van der Waals surface area contributed by atoms with Gasteiger partial charge in [0.25, 0.3) is 0 Å². The van der Waals surface area contributed by atoms with E-state index < -0.39 is 0 Å². The van der Waals surface area contributed by atoms with E-state index >= 15 is 0 Å². The fourth-order valence-corrected chi connectivity index (χ4v) is 5.37. The molecule has 0 aromatic carbocycles. The van der Waals surface area contributed by atoms with Gasteiger partial charge < -0.3 is 0 Å². The van der Waals surface area contributed by atoms with Crippen molar-refractivity contribution in [2.45, 2.75) is 58.8 Å². The van der Waals surface area contributed by atoms with Crippen LogP contribution in [0.15, 0.2) is 0 Å². The Morgan fingerprint density at radius 3 is 1.47 bits per heavy atom. The molecule has 3 saturated carbocycles. The van der Waals surface area contributed by atoms with Crippen LogP contribution >= 0.6 is 0 Å². The second-order valence-corrected chi connectivity index (χ2v) is 7.32. The van der Waals surface area contributed by atoms with Crippen molar-refractivity contribution in [3.63, 3.8) is 0 Å². The van der Waals surface area contributed by atoms with Crippen molar-refractivity contribution in [2.24, 2.45) is 35.5 Å². The third-order valence-electron chi connectivity index (χ3n) is 6.39. The molecule has 0 saturated heterocycles. The summed E-state index contributed by atoms with van der Waals surface area (Å²) < 4.78 is 0. The molecule has 2 heteroatoms. The van der Waals surface area contributed by atoms with Crippen molar-refractivity contribution < 1.29 is 9.59 Å². The van der Waals surface area contributed by atoms with Gasteiger partial charge in [0, 0.05) is 11.8 Å². The molecule has 0 radical (unpaired) electrons. The molecule has 0 N–H and O–H groups in total. The van der Waals surface area contributed by atoms with Crippen LogP contribution in [0.1, 0.15) is 58.8 Å². The summed E-state index contributed by atoms with van der Waals surface area (Å²) in [5, 5.41) is 0. The largest absolute Gasteiger partial charge is 0.300 e. The van der Waals surface area contributed by atoms with Crippen LogP contribution in [-0.2, 0) is 9.59 Å². The first-order valence-corrected chi connectivity index (χ1v) is 8.07. The molecule has 2 nitrogen and oxygen atoms in total. The van der Waals surface area contributed by atoms with Gasteiger partial charge in [0.1, 0.15) is 11.6 Å². The monoisotopic (exact) mass is 262 g/mol. The van der Waals surface area contributed by atoms with E-state index in [1.54, 1.807) is 13.8 Å². The molecule has 0 aliphatic heterocycles. The molecule has 0 amide bonds. The number of rotatable bonds is 2. The van der Waals surface area contributed by atoms with E-state index in [-0.39, 0.29) is 0 Å². The van der Waals surface area contributed by atoms with Gasteiger partial charge in [-0.2, -0.15) is 0 Å². The molecule has 0 bridgehead atoms. The van der Waals surface area contributed by atoms with Gasteiger partial charge in [-0.1, -0.05) is 0 Å². The Kier molecular flexibility index (Phi) is 3.53. The fraction of sp³-hybridized carbons (Fsp3) is 0.882. The molecular weight excluding hydrogens is 236 g/mol. The number of ketones is 2. The van der Waals surface area contributed by atoms with E-state index in [0.29, 0.717) is 23.4 Å². The summed E-state index contributed by atoms with van der Waals surface area (Å²) in [7, 11) is 0. The SMILES string of the molecule is CC(=O)C1CCC2C(C1)CC1CC(C(C)=O)CCC12. The lowest BCUT2D eigenvalue weighted by Gasteiger charge is -2.36. The first-order chi connectivity index (χ1) is 9.06. The number of hydrogen-bond acceptors (Lipinski definition) is 2. The molecule has 106 valence electrons. The predicted octanol–water partition coefficient (Wildman–Crippen LogP) is 3.63. The summed E-state index contributed by atoms with van der Waals surface area (Å²) in [5.41, 5.74) is 0. The maximum Gasteiger partial charge on any atom is 0.132 e. The first kappa shape index (κ1) is 13.3. The summed E-state index contributed by atoms with van der Waals surface area (Å²) in [6, 6.07) is 0. The average molecular weight is 262 g/mol. The van der Waals surface area contributed by atoms with Gasteiger partial charge in [-0.15, -0.1) is 0 Å². The highest BCUT2D eigenvalue weighted by Gasteiger charge is 2.48. The van der Waals surface area contributed by atoms with Gasteiger partial charge in [0.05, 0.1) is 0 Å². The van der Waals surface area contributed by atoms with Crippen LogP contribution in [0, 0.1) is 35.5 Å². The molecule has 0 heterocycles. The number of hydrogen-bond donors (Lipinski definition) is 0. The summed E-state index contributed by atoms with van der Waals surface area (Å²) in [6.45, 7) is 3.53. The number of carbonyl (C=O) groups excluding carboxylic acids is 2. The Morgan fingerprint density at radius 2 is 1.11 bits per heavy atom. The van der Waals surface area contributed by atoms with Crippen LogP contribution in [0.5, 0.6) is 0 Å². The summed E-state index contributed by atoms with van der Waals surface area (Å²) in [6.07, 6.45) is 8.34. The van der Waals surface area contributed by atoms with Crippen molar-refractivity contribution in [3.05, 3.63) is 0 Å². The normalized spacial score (nSPS) is 45.4. The van der Waals surface area contributed by atoms with Crippen LogP contribution in [0.3, 0.4) is 0 Å². The maximum atomic E-state index is 11.6. The topological polar surface area (TPSA) is 34.1 Å². The number of fused-ring (bicyclic) bond motifs is 3. The second kappa shape index (κ2) is 5.03. The lowest BCUT2D eigenvalue weighted by molar-refractivity contribution is -0.123. The van der Waals surface area contributed by atoms with Gasteiger partial charge in [0.2, 0.25) is 0 Å². The second-order valence-electron chi connectivity index (χ2n) is 7.32. The van der Waals surface area contributed by atoms with Gasteiger partial charge in [0.15, 0.2) is 0 Å². The summed E-state index contributed by atoms with van der Waals surface area (Å²) in [4.78, 5) is 23.2. The van der Waals surface area contributed by atoms with E-state index in [9.17, 15) is 9.59 Å². The van der Waals surface area contributed by atoms with Crippen LogP contribution in [-0.4, -0.2) is 11.6 Å². The van der Waals surface area contributed by atoms with Gasteiger partial charge in [-0.05, 0) is 82.5 Å². The smallest absolute Gasteiger partial charge is 0.132 e. The van der Waals surface area contributed by atoms with E-state index in [1.165, 1.54) is 19.3 Å². The lowest BCUT2D eigenvalue weighted by Crippen LogP contribution is -2.30. The third kappa shape index (κ3) is 2.39. The summed E-state index contributed by atoms with van der Waals surface area (Å²) >= 11 is 0. The standard InChI is InChI=1S/C17H26O2/c1-10(18)12-3-5-16-14(7-12)9-15-8-13(11(2)19)4-6-17(15)16/h12-17H,3-9H2,1-2H3. The first-order valence-electron chi connectivity index (χ1n) is 8.07. The third-order valence-corrected chi connectivity index (χ3v) is 6.39. The molecule has 19 heavy (non-hydrogen) atoms. The van der Waals surface area contributed by atoms with Crippen molar-refractivity contribution in [3.8, 4) is 0 Å². The molecule has 6 atom stereocenters. The minimum atomic E-state index is 0.338. The molecule has 0 aromatic heterocycles. The minimum absolute atomic E-state index is 0.338. The maximum absolute atomic E-state index is 11.6. The molecule has 6 unspecified atom stereocenters. The average Bonchev–Trinajstić information content (AvgIpc) is 2.74. The highest BCUT2D eigenvalue weighted by atomic mass is 16.1. The van der Waals surface area contributed by atoms with Crippen molar-refractivity contribution in [1.29, 1.82) is 0 Å². The van der Waals surface area contributed by atoms with E-state index in [4.69, 9.17) is 0 Å². The zero-order valence-corrected chi connectivity index (χ0v) is 12.2. The zero-order valence-electron chi connectivity index (χ0n) is 12.2. The van der Waals surface area contributed by atoms with Gasteiger partial charge in [-0.3, -0.25) is 9.59 Å². The van der Waals surface area contributed by atoms with E-state index in [0.717, 1.165) is 49.4 Å². The van der Waals surface area contributed by atoms with Crippen LogP contribution < -0.4 is 0 Å². The van der Waals surface area contributed by atoms with Gasteiger partial charge in [-0.25, -0.2) is 0 Å². The number of carbonyl (C=O) groups is 2. The minimum Gasteiger partial charge on any atom is -0.300 e. The Hall–Kier alpha value is -0.660. The quantitative estimate of drug-likeness (QED) is 0.761. The molecule has 3 aliphatic rings. The van der Waals surface area contributed by atoms with Gasteiger partial charge >= 0.3 is 0 Å². The van der Waals surface area contributed by atoms with E-state index in [1.807, 2.05) is 0 Å². The highest BCUT2D eigenvalue weighted by molar-refractivity contribution is 5.78. The Balaban J connectivity index is 1.67. The summed E-state index contributed by atoms with van der Waals surface area (Å²) in [5.74, 6) is 4.77. The lowest BCUT2D eigenvalue weighted by atomic mass is 9.68. The molecule has 0 spiro atoms. The Bertz CT molecular complexity index is 351. The molecule has 3 rings (SSSR count). The Labute approximate surface area is 116 Å². The highest BCUT2D eigenvalue weighted by Crippen LogP contribution is 2.56. The van der Waals surface area contributed by atoms with Crippen LogP contribution in [0.4, 0.5) is 0 Å². The zero-order chi connectivity index (χ0) is 13.6. The number of Topliss-reactive ketones (excluding diaryl/α,β-unsaturated/α-hetero) is 2. The molecule has 3 aliphatic carbocycles. The predicted molar refractivity (Wildman–Crippen MR) is 74.6 cm³/mol. The van der Waals surface area contributed by atoms with Crippen LogP contribution in [0.25, 0.3) is 0 Å². The van der Waals surface area contributed by atoms with Crippen molar-refractivity contribution >= 4 is 11.6 Å².